The largest absolute Gasteiger partial charge is 0.336 e. The molecule has 0 N–H and O–H groups in total. The minimum atomic E-state index is 0.123. The Hall–Kier alpha value is -2.36. The molecular weight excluding hydrogens is 344 g/mol. The van der Waals surface area contributed by atoms with Crippen LogP contribution in [0, 0.1) is 0 Å². The predicted molar refractivity (Wildman–Crippen MR) is 107 cm³/mol. The van der Waals surface area contributed by atoms with Crippen molar-refractivity contribution in [1.29, 1.82) is 0 Å². The highest BCUT2D eigenvalue weighted by atomic mass is 35.5. The van der Waals surface area contributed by atoms with Crippen LogP contribution in [0.5, 0.6) is 0 Å². The van der Waals surface area contributed by atoms with Gasteiger partial charge < -0.3 is 4.90 Å². The average molecular weight is 365 g/mol. The van der Waals surface area contributed by atoms with Crippen molar-refractivity contribution in [2.75, 3.05) is 26.2 Å². The fraction of sp³-hybridized carbons (Fsp3) is 0.227. The maximum Gasteiger partial charge on any atom is 0.253 e. The van der Waals surface area contributed by atoms with Gasteiger partial charge in [-0.3, -0.25) is 9.69 Å². The molecule has 1 amide bonds. The summed E-state index contributed by atoms with van der Waals surface area (Å²) >= 11 is 6.07. The minimum absolute atomic E-state index is 0.123. The number of halogens is 1. The lowest BCUT2D eigenvalue weighted by Gasteiger charge is -2.34. The van der Waals surface area contributed by atoms with Crippen LogP contribution in [0.4, 0.5) is 0 Å². The summed E-state index contributed by atoms with van der Waals surface area (Å²) in [6, 6.07) is 22.1. The van der Waals surface area contributed by atoms with Gasteiger partial charge in [0, 0.05) is 43.3 Å². The number of piperazine rings is 1. The van der Waals surface area contributed by atoms with Crippen LogP contribution in [0.15, 0.2) is 66.7 Å². The van der Waals surface area contributed by atoms with Crippen molar-refractivity contribution in [1.82, 2.24) is 9.80 Å². The van der Waals surface area contributed by atoms with Crippen LogP contribution in [0.1, 0.15) is 15.9 Å². The Bertz CT molecular complexity index is 932. The zero-order valence-electron chi connectivity index (χ0n) is 14.6. The molecule has 26 heavy (non-hydrogen) atoms. The highest BCUT2D eigenvalue weighted by Crippen LogP contribution is 2.18. The molecule has 0 aliphatic carbocycles. The predicted octanol–water partition coefficient (Wildman–Crippen LogP) is 4.45. The van der Waals surface area contributed by atoms with Gasteiger partial charge in [-0.2, -0.15) is 0 Å². The molecule has 3 nitrogen and oxygen atoms in total. The number of hydrogen-bond acceptors (Lipinski definition) is 2. The molecule has 0 spiro atoms. The van der Waals surface area contributed by atoms with Crippen molar-refractivity contribution in [3.63, 3.8) is 0 Å². The van der Waals surface area contributed by atoms with E-state index in [-0.39, 0.29) is 5.91 Å². The minimum Gasteiger partial charge on any atom is -0.336 e. The van der Waals surface area contributed by atoms with E-state index >= 15 is 0 Å². The van der Waals surface area contributed by atoms with Gasteiger partial charge in [-0.05, 0) is 40.6 Å². The van der Waals surface area contributed by atoms with E-state index in [0.717, 1.165) is 54.1 Å². The zero-order valence-corrected chi connectivity index (χ0v) is 15.3. The van der Waals surface area contributed by atoms with Gasteiger partial charge in [0.2, 0.25) is 0 Å². The molecule has 3 aromatic rings. The molecule has 0 saturated carbocycles. The van der Waals surface area contributed by atoms with E-state index in [9.17, 15) is 4.79 Å². The number of carbonyl (C=O) groups excluding carboxylic acids is 1. The summed E-state index contributed by atoms with van der Waals surface area (Å²) in [4.78, 5) is 17.2. The average Bonchev–Trinajstić information content (AvgIpc) is 2.68. The van der Waals surface area contributed by atoms with Gasteiger partial charge in [0.1, 0.15) is 0 Å². The molecule has 3 aromatic carbocycles. The molecule has 1 heterocycles. The number of carbonyl (C=O) groups is 1. The monoisotopic (exact) mass is 364 g/mol. The number of benzene rings is 3. The smallest absolute Gasteiger partial charge is 0.253 e. The molecule has 1 aliphatic rings. The van der Waals surface area contributed by atoms with Gasteiger partial charge in [0.05, 0.1) is 0 Å². The number of hydrogen-bond donors (Lipinski definition) is 0. The van der Waals surface area contributed by atoms with Crippen LogP contribution in [0.2, 0.25) is 5.02 Å². The molecule has 0 atom stereocenters. The van der Waals surface area contributed by atoms with Gasteiger partial charge in [-0.1, -0.05) is 54.1 Å². The highest BCUT2D eigenvalue weighted by molar-refractivity contribution is 6.30. The molecule has 4 rings (SSSR count). The maximum absolute atomic E-state index is 12.8. The van der Waals surface area contributed by atoms with Crippen LogP contribution >= 0.6 is 11.6 Å². The SMILES string of the molecule is O=C(c1ccc2ccccc2c1)N1CCN(Cc2cccc(Cl)c2)CC1. The lowest BCUT2D eigenvalue weighted by Crippen LogP contribution is -2.48. The fourth-order valence-electron chi connectivity index (χ4n) is 3.51. The third-order valence-corrected chi connectivity index (χ3v) is 5.19. The number of fused-ring (bicyclic) bond motifs is 1. The molecule has 1 fully saturated rings. The molecule has 4 heteroatoms. The normalized spacial score (nSPS) is 15.3. The van der Waals surface area contributed by atoms with Crippen LogP contribution < -0.4 is 0 Å². The second kappa shape index (κ2) is 7.48. The summed E-state index contributed by atoms with van der Waals surface area (Å²) in [5.74, 6) is 0.123. The van der Waals surface area contributed by atoms with Crippen molar-refractivity contribution in [2.24, 2.45) is 0 Å². The quantitative estimate of drug-likeness (QED) is 0.685. The van der Waals surface area contributed by atoms with Crippen LogP contribution in [-0.2, 0) is 6.54 Å². The zero-order chi connectivity index (χ0) is 17.9. The Labute approximate surface area is 158 Å². The molecule has 132 valence electrons. The van der Waals surface area contributed by atoms with E-state index in [1.54, 1.807) is 0 Å². The summed E-state index contributed by atoms with van der Waals surface area (Å²) in [7, 11) is 0. The molecule has 1 aliphatic heterocycles. The highest BCUT2D eigenvalue weighted by Gasteiger charge is 2.22. The number of nitrogens with zero attached hydrogens (tertiary/aromatic N) is 2. The standard InChI is InChI=1S/C22H21ClN2O/c23-21-7-3-4-17(14-21)16-24-10-12-25(13-11-24)22(26)20-9-8-18-5-1-2-6-19(18)15-20/h1-9,14-15H,10-13,16H2. The van der Waals surface area contributed by atoms with Gasteiger partial charge in [-0.25, -0.2) is 0 Å². The number of rotatable bonds is 3. The summed E-state index contributed by atoms with van der Waals surface area (Å²) in [5.41, 5.74) is 1.98. The van der Waals surface area contributed by atoms with Crippen LogP contribution in [0.3, 0.4) is 0 Å². The Kier molecular flexibility index (Phi) is 4.91. The molecule has 0 bridgehead atoms. The Morgan fingerprint density at radius 3 is 2.38 bits per heavy atom. The Balaban J connectivity index is 1.39. The molecule has 1 saturated heterocycles. The third-order valence-electron chi connectivity index (χ3n) is 4.95. The molecule has 0 radical (unpaired) electrons. The summed E-state index contributed by atoms with van der Waals surface area (Å²) in [6.45, 7) is 4.15. The Morgan fingerprint density at radius 2 is 1.62 bits per heavy atom. The van der Waals surface area contributed by atoms with E-state index in [1.165, 1.54) is 5.56 Å². The van der Waals surface area contributed by atoms with E-state index < -0.39 is 0 Å². The summed E-state index contributed by atoms with van der Waals surface area (Å²) in [6.07, 6.45) is 0. The van der Waals surface area contributed by atoms with Gasteiger partial charge in [0.25, 0.3) is 5.91 Å². The first kappa shape index (κ1) is 17.1. The van der Waals surface area contributed by atoms with Gasteiger partial charge in [0.15, 0.2) is 0 Å². The van der Waals surface area contributed by atoms with Crippen molar-refractivity contribution < 1.29 is 4.79 Å². The number of amides is 1. The topological polar surface area (TPSA) is 23.6 Å². The van der Waals surface area contributed by atoms with Crippen molar-refractivity contribution in [3.8, 4) is 0 Å². The third kappa shape index (κ3) is 3.74. The first-order valence-corrected chi connectivity index (χ1v) is 9.32. The first-order valence-electron chi connectivity index (χ1n) is 8.94. The molecule has 0 unspecified atom stereocenters. The maximum atomic E-state index is 12.8. The molecule has 0 aromatic heterocycles. The Morgan fingerprint density at radius 1 is 0.846 bits per heavy atom. The van der Waals surface area contributed by atoms with E-state index in [2.05, 4.69) is 23.1 Å². The van der Waals surface area contributed by atoms with Crippen LogP contribution in [0.25, 0.3) is 10.8 Å². The van der Waals surface area contributed by atoms with Crippen LogP contribution in [-0.4, -0.2) is 41.9 Å². The second-order valence-electron chi connectivity index (χ2n) is 6.76. The fourth-order valence-corrected chi connectivity index (χ4v) is 3.72. The summed E-state index contributed by atoms with van der Waals surface area (Å²) in [5, 5.41) is 3.04. The second-order valence-corrected chi connectivity index (χ2v) is 7.20. The first-order chi connectivity index (χ1) is 12.7. The van der Waals surface area contributed by atoms with Crippen molar-refractivity contribution in [3.05, 3.63) is 82.9 Å². The van der Waals surface area contributed by atoms with E-state index in [4.69, 9.17) is 11.6 Å². The van der Waals surface area contributed by atoms with Crippen molar-refractivity contribution >= 4 is 28.3 Å². The van der Waals surface area contributed by atoms with Crippen molar-refractivity contribution in [2.45, 2.75) is 6.54 Å². The van der Waals surface area contributed by atoms with Gasteiger partial charge >= 0.3 is 0 Å². The van der Waals surface area contributed by atoms with Gasteiger partial charge in [-0.15, -0.1) is 0 Å². The summed E-state index contributed by atoms with van der Waals surface area (Å²) < 4.78 is 0. The molecular formula is C22H21ClN2O. The van der Waals surface area contributed by atoms with E-state index in [1.807, 2.05) is 53.4 Å². The lowest BCUT2D eigenvalue weighted by atomic mass is 10.1. The van der Waals surface area contributed by atoms with E-state index in [0.29, 0.717) is 0 Å². The lowest BCUT2D eigenvalue weighted by molar-refractivity contribution is 0.0628.